The zero-order valence-corrected chi connectivity index (χ0v) is 11.8. The van der Waals surface area contributed by atoms with Crippen LogP contribution in [-0.4, -0.2) is 18.3 Å². The molecule has 20 heavy (non-hydrogen) atoms. The van der Waals surface area contributed by atoms with Crippen molar-refractivity contribution in [2.24, 2.45) is 5.73 Å². The molecule has 0 aliphatic heterocycles. The van der Waals surface area contributed by atoms with Gasteiger partial charge in [0.15, 0.2) is 0 Å². The molecule has 0 radical (unpaired) electrons. The predicted molar refractivity (Wildman–Crippen MR) is 80.7 cm³/mol. The normalized spacial score (nSPS) is 13.8. The second-order valence-corrected chi connectivity index (χ2v) is 5.10. The maximum atomic E-state index is 9.60. The highest BCUT2D eigenvalue weighted by Crippen LogP contribution is 2.22. The van der Waals surface area contributed by atoms with E-state index in [1.54, 1.807) is 0 Å². The molecule has 3 heteroatoms. The standard InChI is InChI=1S/C17H21NO2/c1-14-6-5-9-16(12-14)20-11-10-17(18,13-19)15-7-3-2-4-8-15/h2-9,12,19H,10-11,13,18H2,1H3. The first kappa shape index (κ1) is 14.6. The van der Waals surface area contributed by atoms with Gasteiger partial charge >= 0.3 is 0 Å². The summed E-state index contributed by atoms with van der Waals surface area (Å²) in [6.45, 7) is 2.39. The number of hydrogen-bond acceptors (Lipinski definition) is 3. The average molecular weight is 271 g/mol. The van der Waals surface area contributed by atoms with E-state index in [4.69, 9.17) is 10.5 Å². The van der Waals surface area contributed by atoms with E-state index in [1.165, 1.54) is 0 Å². The van der Waals surface area contributed by atoms with E-state index < -0.39 is 5.54 Å². The first-order valence-electron chi connectivity index (χ1n) is 6.79. The van der Waals surface area contributed by atoms with E-state index in [2.05, 4.69) is 0 Å². The minimum atomic E-state index is -0.759. The minimum Gasteiger partial charge on any atom is -0.494 e. The van der Waals surface area contributed by atoms with E-state index in [9.17, 15) is 5.11 Å². The van der Waals surface area contributed by atoms with Crippen molar-refractivity contribution in [3.05, 3.63) is 65.7 Å². The van der Waals surface area contributed by atoms with E-state index in [-0.39, 0.29) is 6.61 Å². The molecule has 3 N–H and O–H groups in total. The number of hydrogen-bond donors (Lipinski definition) is 2. The second-order valence-electron chi connectivity index (χ2n) is 5.10. The van der Waals surface area contributed by atoms with Crippen LogP contribution < -0.4 is 10.5 Å². The van der Waals surface area contributed by atoms with Crippen LogP contribution in [0.25, 0.3) is 0 Å². The summed E-state index contributed by atoms with van der Waals surface area (Å²) in [5.74, 6) is 0.832. The van der Waals surface area contributed by atoms with Crippen LogP contribution in [0.2, 0.25) is 0 Å². The number of ether oxygens (including phenoxy) is 1. The van der Waals surface area contributed by atoms with Gasteiger partial charge in [-0.25, -0.2) is 0 Å². The summed E-state index contributed by atoms with van der Waals surface area (Å²) in [5.41, 5.74) is 7.61. The Kier molecular flexibility index (Phi) is 4.77. The summed E-state index contributed by atoms with van der Waals surface area (Å²) >= 11 is 0. The lowest BCUT2D eigenvalue weighted by molar-refractivity contribution is 0.162. The Morgan fingerprint density at radius 2 is 1.85 bits per heavy atom. The van der Waals surface area contributed by atoms with Crippen molar-refractivity contribution in [1.29, 1.82) is 0 Å². The van der Waals surface area contributed by atoms with Gasteiger partial charge in [-0.15, -0.1) is 0 Å². The molecule has 0 fully saturated rings. The molecule has 0 spiro atoms. The van der Waals surface area contributed by atoms with Gasteiger partial charge in [-0.05, 0) is 30.2 Å². The Hall–Kier alpha value is -1.84. The van der Waals surface area contributed by atoms with Crippen LogP contribution in [0.5, 0.6) is 5.75 Å². The van der Waals surface area contributed by atoms with Crippen molar-refractivity contribution in [3.8, 4) is 5.75 Å². The van der Waals surface area contributed by atoms with Crippen molar-refractivity contribution < 1.29 is 9.84 Å². The second kappa shape index (κ2) is 6.55. The van der Waals surface area contributed by atoms with Crippen LogP contribution in [0, 0.1) is 6.92 Å². The number of aryl methyl sites for hydroxylation is 1. The number of benzene rings is 2. The van der Waals surface area contributed by atoms with Crippen molar-refractivity contribution in [2.45, 2.75) is 18.9 Å². The SMILES string of the molecule is Cc1cccc(OCCC(N)(CO)c2ccccc2)c1. The fourth-order valence-corrected chi connectivity index (χ4v) is 2.14. The van der Waals surface area contributed by atoms with Crippen LogP contribution in [0.3, 0.4) is 0 Å². The highest BCUT2D eigenvalue weighted by atomic mass is 16.5. The number of aliphatic hydroxyl groups excluding tert-OH is 1. The molecule has 2 aromatic carbocycles. The molecule has 2 aromatic rings. The summed E-state index contributed by atoms with van der Waals surface area (Å²) in [7, 11) is 0. The first-order chi connectivity index (χ1) is 9.64. The molecule has 0 saturated carbocycles. The van der Waals surface area contributed by atoms with Gasteiger partial charge in [0.1, 0.15) is 5.75 Å². The fourth-order valence-electron chi connectivity index (χ4n) is 2.14. The van der Waals surface area contributed by atoms with Crippen molar-refractivity contribution >= 4 is 0 Å². The van der Waals surface area contributed by atoms with Crippen LogP contribution in [0.4, 0.5) is 0 Å². The molecule has 3 nitrogen and oxygen atoms in total. The zero-order chi connectivity index (χ0) is 14.4. The van der Waals surface area contributed by atoms with Crippen molar-refractivity contribution in [1.82, 2.24) is 0 Å². The lowest BCUT2D eigenvalue weighted by Crippen LogP contribution is -2.41. The summed E-state index contributed by atoms with van der Waals surface area (Å²) in [5, 5.41) is 9.60. The molecule has 2 rings (SSSR count). The third-order valence-corrected chi connectivity index (χ3v) is 3.44. The van der Waals surface area contributed by atoms with Gasteiger partial charge in [-0.1, -0.05) is 42.5 Å². The molecule has 0 amide bonds. The van der Waals surface area contributed by atoms with Crippen LogP contribution in [0.1, 0.15) is 17.5 Å². The van der Waals surface area contributed by atoms with Gasteiger partial charge in [0.2, 0.25) is 0 Å². The van der Waals surface area contributed by atoms with Crippen molar-refractivity contribution in [3.63, 3.8) is 0 Å². The van der Waals surface area contributed by atoms with Gasteiger partial charge in [0.25, 0.3) is 0 Å². The predicted octanol–water partition coefficient (Wildman–Crippen LogP) is 2.61. The van der Waals surface area contributed by atoms with Gasteiger partial charge in [-0.2, -0.15) is 0 Å². The third kappa shape index (κ3) is 3.59. The van der Waals surface area contributed by atoms with E-state index in [0.717, 1.165) is 16.9 Å². The van der Waals surface area contributed by atoms with Crippen LogP contribution >= 0.6 is 0 Å². The number of rotatable bonds is 6. The molecule has 106 valence electrons. The molecular weight excluding hydrogens is 250 g/mol. The molecule has 0 saturated heterocycles. The summed E-state index contributed by atoms with van der Waals surface area (Å²) < 4.78 is 5.71. The largest absolute Gasteiger partial charge is 0.494 e. The third-order valence-electron chi connectivity index (χ3n) is 3.44. The quantitative estimate of drug-likeness (QED) is 0.849. The topological polar surface area (TPSA) is 55.5 Å². The molecule has 0 aliphatic rings. The molecule has 1 unspecified atom stereocenters. The van der Waals surface area contributed by atoms with Crippen molar-refractivity contribution in [2.75, 3.05) is 13.2 Å². The number of nitrogens with two attached hydrogens (primary N) is 1. The Morgan fingerprint density at radius 1 is 1.10 bits per heavy atom. The Balaban J connectivity index is 1.98. The van der Waals surface area contributed by atoms with Crippen LogP contribution in [-0.2, 0) is 5.54 Å². The summed E-state index contributed by atoms with van der Waals surface area (Å²) in [6, 6.07) is 17.5. The van der Waals surface area contributed by atoms with E-state index >= 15 is 0 Å². The molecule has 0 heterocycles. The van der Waals surface area contributed by atoms with Gasteiger partial charge in [0, 0.05) is 6.42 Å². The summed E-state index contributed by atoms with van der Waals surface area (Å²) in [6.07, 6.45) is 0.557. The first-order valence-corrected chi connectivity index (χ1v) is 6.79. The Bertz CT molecular complexity index is 542. The lowest BCUT2D eigenvalue weighted by Gasteiger charge is -2.27. The van der Waals surface area contributed by atoms with Crippen LogP contribution in [0.15, 0.2) is 54.6 Å². The van der Waals surface area contributed by atoms with Gasteiger partial charge in [0.05, 0.1) is 18.8 Å². The Labute approximate surface area is 120 Å². The molecule has 0 aliphatic carbocycles. The average Bonchev–Trinajstić information content (AvgIpc) is 2.48. The van der Waals surface area contributed by atoms with Gasteiger partial charge < -0.3 is 15.6 Å². The lowest BCUT2D eigenvalue weighted by atomic mass is 9.89. The zero-order valence-electron chi connectivity index (χ0n) is 11.8. The molecule has 0 aromatic heterocycles. The highest BCUT2D eigenvalue weighted by Gasteiger charge is 2.26. The highest BCUT2D eigenvalue weighted by molar-refractivity contribution is 5.28. The molecular formula is C17H21NO2. The Morgan fingerprint density at radius 3 is 2.50 bits per heavy atom. The fraction of sp³-hybridized carbons (Fsp3) is 0.294. The molecule has 0 bridgehead atoms. The maximum absolute atomic E-state index is 9.60. The molecule has 1 atom stereocenters. The monoisotopic (exact) mass is 271 g/mol. The van der Waals surface area contributed by atoms with E-state index in [1.807, 2.05) is 61.5 Å². The maximum Gasteiger partial charge on any atom is 0.119 e. The minimum absolute atomic E-state index is 0.103. The van der Waals surface area contributed by atoms with Gasteiger partial charge in [-0.3, -0.25) is 0 Å². The smallest absolute Gasteiger partial charge is 0.119 e. The van der Waals surface area contributed by atoms with E-state index in [0.29, 0.717) is 13.0 Å². The number of aliphatic hydroxyl groups is 1. The summed E-state index contributed by atoms with van der Waals surface area (Å²) in [4.78, 5) is 0.